The first-order valence-electron chi connectivity index (χ1n) is 13.7. The molecule has 39 heavy (non-hydrogen) atoms. The minimum atomic E-state index is -1.39. The van der Waals surface area contributed by atoms with Crippen LogP contribution >= 0.6 is 0 Å². The lowest BCUT2D eigenvalue weighted by molar-refractivity contribution is -0.158. The average molecular weight is 531 g/mol. The van der Waals surface area contributed by atoms with Crippen LogP contribution in [0.15, 0.2) is 66.8 Å². The SMILES string of the molecule is CC[C@H](C)[C@H](CO)N1C(=O)[C@@H]2[C@H]3C(=O)OCC=C[C@@]3(C)O[C@@]23C=CCN(c2ccc4ccccc4c2)C(=O)C13. The Morgan fingerprint density at radius 2 is 1.79 bits per heavy atom. The van der Waals surface area contributed by atoms with Crippen molar-refractivity contribution in [2.24, 2.45) is 17.8 Å². The number of hydrogen-bond donors (Lipinski definition) is 1. The number of anilines is 1. The van der Waals surface area contributed by atoms with Crippen LogP contribution in [0.25, 0.3) is 10.8 Å². The van der Waals surface area contributed by atoms with E-state index in [1.807, 2.05) is 68.5 Å². The van der Waals surface area contributed by atoms with E-state index in [2.05, 4.69) is 0 Å². The summed E-state index contributed by atoms with van der Waals surface area (Å²) in [6, 6.07) is 12.1. The fourth-order valence-electron chi connectivity index (χ4n) is 7.04. The van der Waals surface area contributed by atoms with Gasteiger partial charge in [0, 0.05) is 12.2 Å². The largest absolute Gasteiger partial charge is 0.461 e. The minimum absolute atomic E-state index is 0.0867. The van der Waals surface area contributed by atoms with E-state index in [1.165, 1.54) is 4.90 Å². The Labute approximate surface area is 227 Å². The number of likely N-dealkylation sites (tertiary alicyclic amines) is 1. The lowest BCUT2D eigenvalue weighted by atomic mass is 9.75. The topological polar surface area (TPSA) is 96.4 Å². The number of ether oxygens (including phenoxy) is 2. The third-order valence-electron chi connectivity index (χ3n) is 9.14. The third kappa shape index (κ3) is 3.68. The van der Waals surface area contributed by atoms with E-state index in [0.717, 1.165) is 10.8 Å². The Morgan fingerprint density at radius 3 is 2.54 bits per heavy atom. The minimum Gasteiger partial charge on any atom is -0.461 e. The standard InChI is InChI=1S/C31H34N2O6/c1-4-19(2)23(18-34)33-26-28(36)32(22-12-11-20-9-5-6-10-21(20)17-22)15-7-14-31(26)24(27(33)35)25-29(37)38-16-8-13-30(25,3)39-31/h5-14,17,19,23-26,34H,4,15-16,18H2,1-3H3/t19-,23-,24-,25-,26?,30+,31-/m0/s1. The lowest BCUT2D eigenvalue weighted by Crippen LogP contribution is -2.60. The summed E-state index contributed by atoms with van der Waals surface area (Å²) in [7, 11) is 0. The van der Waals surface area contributed by atoms with Crippen molar-refractivity contribution in [3.63, 3.8) is 0 Å². The summed E-state index contributed by atoms with van der Waals surface area (Å²) in [5.41, 5.74) is -1.80. The summed E-state index contributed by atoms with van der Waals surface area (Å²) < 4.78 is 12.2. The number of fused-ring (bicyclic) bond motifs is 3. The van der Waals surface area contributed by atoms with Gasteiger partial charge in [-0.15, -0.1) is 0 Å². The van der Waals surface area contributed by atoms with E-state index in [1.54, 1.807) is 24.0 Å². The Hall–Kier alpha value is -3.49. The van der Waals surface area contributed by atoms with E-state index < -0.39 is 41.1 Å². The number of benzene rings is 2. The molecular weight excluding hydrogens is 496 g/mol. The highest BCUT2D eigenvalue weighted by Crippen LogP contribution is 2.58. The molecule has 204 valence electrons. The van der Waals surface area contributed by atoms with Gasteiger partial charge in [-0.05, 0) is 41.8 Å². The summed E-state index contributed by atoms with van der Waals surface area (Å²) >= 11 is 0. The second kappa shape index (κ2) is 9.31. The van der Waals surface area contributed by atoms with Crippen molar-refractivity contribution in [3.8, 4) is 0 Å². The summed E-state index contributed by atoms with van der Waals surface area (Å²) in [5.74, 6) is -3.14. The molecule has 4 aliphatic heterocycles. The number of rotatable bonds is 5. The molecule has 1 unspecified atom stereocenters. The van der Waals surface area contributed by atoms with Crippen molar-refractivity contribution >= 4 is 34.2 Å². The normalized spacial score (nSPS) is 33.3. The van der Waals surface area contributed by atoms with Crippen molar-refractivity contribution < 1.29 is 29.0 Å². The van der Waals surface area contributed by atoms with Crippen molar-refractivity contribution in [2.75, 3.05) is 24.7 Å². The maximum Gasteiger partial charge on any atom is 0.313 e. The smallest absolute Gasteiger partial charge is 0.313 e. The van der Waals surface area contributed by atoms with E-state index in [9.17, 15) is 19.5 Å². The average Bonchev–Trinajstić information content (AvgIpc) is 3.19. The molecule has 0 radical (unpaired) electrons. The third-order valence-corrected chi connectivity index (χ3v) is 9.14. The van der Waals surface area contributed by atoms with Crippen LogP contribution in [0, 0.1) is 17.8 Å². The van der Waals surface area contributed by atoms with Crippen LogP contribution < -0.4 is 4.90 Å². The maximum absolute atomic E-state index is 14.6. The van der Waals surface area contributed by atoms with Crippen LogP contribution in [-0.4, -0.2) is 70.8 Å². The number of amides is 2. The summed E-state index contributed by atoms with van der Waals surface area (Å²) in [4.78, 5) is 45.5. The van der Waals surface area contributed by atoms with Crippen LogP contribution in [0.5, 0.6) is 0 Å². The predicted octanol–water partition coefficient (Wildman–Crippen LogP) is 3.23. The van der Waals surface area contributed by atoms with Gasteiger partial charge in [-0.3, -0.25) is 14.4 Å². The van der Waals surface area contributed by atoms with Gasteiger partial charge in [0.2, 0.25) is 5.91 Å². The van der Waals surface area contributed by atoms with Gasteiger partial charge in [-0.2, -0.15) is 0 Å². The highest BCUT2D eigenvalue weighted by atomic mass is 16.6. The van der Waals surface area contributed by atoms with Crippen LogP contribution in [0.3, 0.4) is 0 Å². The molecule has 6 rings (SSSR count). The van der Waals surface area contributed by atoms with Crippen molar-refractivity contribution in [3.05, 3.63) is 66.8 Å². The molecule has 2 saturated heterocycles. The molecule has 8 heteroatoms. The number of cyclic esters (lactones) is 1. The molecule has 2 aromatic carbocycles. The number of aliphatic hydroxyl groups is 1. The molecule has 8 nitrogen and oxygen atoms in total. The molecule has 2 aromatic rings. The first kappa shape index (κ1) is 25.8. The molecule has 4 heterocycles. The zero-order valence-corrected chi connectivity index (χ0v) is 22.4. The van der Waals surface area contributed by atoms with Gasteiger partial charge in [-0.25, -0.2) is 0 Å². The molecule has 1 spiro atoms. The molecule has 0 aliphatic carbocycles. The Balaban J connectivity index is 1.52. The first-order chi connectivity index (χ1) is 18.8. The fourth-order valence-corrected chi connectivity index (χ4v) is 7.04. The lowest BCUT2D eigenvalue weighted by Gasteiger charge is -2.41. The van der Waals surface area contributed by atoms with Crippen LogP contribution in [0.1, 0.15) is 27.2 Å². The maximum atomic E-state index is 14.6. The number of carbonyl (C=O) groups is 3. The van der Waals surface area contributed by atoms with Gasteiger partial charge in [-0.1, -0.05) is 68.8 Å². The van der Waals surface area contributed by atoms with Gasteiger partial charge in [0.05, 0.1) is 24.2 Å². The number of aliphatic hydroxyl groups excluding tert-OH is 1. The second-order valence-corrected chi connectivity index (χ2v) is 11.3. The molecule has 4 aliphatic rings. The molecule has 2 amide bonds. The summed E-state index contributed by atoms with van der Waals surface area (Å²) in [5, 5.41) is 12.6. The first-order valence-corrected chi connectivity index (χ1v) is 13.7. The number of esters is 1. The van der Waals surface area contributed by atoms with Gasteiger partial charge >= 0.3 is 5.97 Å². The highest BCUT2D eigenvalue weighted by Gasteiger charge is 2.75. The monoisotopic (exact) mass is 530 g/mol. The zero-order valence-electron chi connectivity index (χ0n) is 22.4. The van der Waals surface area contributed by atoms with Crippen LogP contribution in [-0.2, 0) is 23.9 Å². The molecule has 7 atom stereocenters. The molecular formula is C31H34N2O6. The number of carbonyl (C=O) groups excluding carboxylic acids is 3. The number of hydrogen-bond acceptors (Lipinski definition) is 6. The van der Waals surface area contributed by atoms with E-state index in [4.69, 9.17) is 9.47 Å². The van der Waals surface area contributed by atoms with Gasteiger partial charge in [0.1, 0.15) is 24.2 Å². The molecule has 1 N–H and O–H groups in total. The molecule has 0 saturated carbocycles. The van der Waals surface area contributed by atoms with Crippen molar-refractivity contribution in [1.82, 2.24) is 4.90 Å². The molecule has 0 bridgehead atoms. The van der Waals surface area contributed by atoms with E-state index in [-0.39, 0.29) is 37.5 Å². The van der Waals surface area contributed by atoms with Gasteiger partial charge in [0.25, 0.3) is 5.91 Å². The van der Waals surface area contributed by atoms with Crippen LogP contribution in [0.4, 0.5) is 5.69 Å². The predicted molar refractivity (Wildman–Crippen MR) is 146 cm³/mol. The molecule has 0 aromatic heterocycles. The Morgan fingerprint density at radius 1 is 1.03 bits per heavy atom. The fraction of sp³-hybridized carbons (Fsp3) is 0.452. The summed E-state index contributed by atoms with van der Waals surface area (Å²) in [6.45, 7) is 5.81. The van der Waals surface area contributed by atoms with Gasteiger partial charge < -0.3 is 24.4 Å². The second-order valence-electron chi connectivity index (χ2n) is 11.3. The highest BCUT2D eigenvalue weighted by molar-refractivity contribution is 6.06. The zero-order chi connectivity index (χ0) is 27.5. The van der Waals surface area contributed by atoms with Crippen molar-refractivity contribution in [2.45, 2.75) is 50.5 Å². The number of nitrogens with zero attached hydrogens (tertiary/aromatic N) is 2. The Kier molecular flexibility index (Phi) is 6.15. The van der Waals surface area contributed by atoms with E-state index >= 15 is 0 Å². The molecule has 2 fully saturated rings. The Bertz CT molecular complexity index is 1400. The summed E-state index contributed by atoms with van der Waals surface area (Å²) in [6.07, 6.45) is 7.88. The van der Waals surface area contributed by atoms with Crippen LogP contribution in [0.2, 0.25) is 0 Å². The van der Waals surface area contributed by atoms with Crippen molar-refractivity contribution in [1.29, 1.82) is 0 Å². The van der Waals surface area contributed by atoms with E-state index in [0.29, 0.717) is 12.1 Å². The quantitative estimate of drug-likeness (QED) is 0.471. The van der Waals surface area contributed by atoms with Gasteiger partial charge in [0.15, 0.2) is 0 Å².